The molecule has 1 aromatic carbocycles. The first-order chi connectivity index (χ1) is 10.5. The summed E-state index contributed by atoms with van der Waals surface area (Å²) >= 11 is 7.01. The SMILES string of the molecule is COc1ccc(Cc2nnc(NC(=O)[C@H](C)Cl)s2)cc1OC. The number of methoxy groups -OCH3 is 2. The first kappa shape index (κ1) is 16.5. The first-order valence-electron chi connectivity index (χ1n) is 6.51. The third-order valence-electron chi connectivity index (χ3n) is 2.86. The van der Waals surface area contributed by atoms with Crippen LogP contribution in [0, 0.1) is 0 Å². The molecule has 1 heterocycles. The van der Waals surface area contributed by atoms with E-state index in [1.165, 1.54) is 11.3 Å². The predicted molar refractivity (Wildman–Crippen MR) is 86.2 cm³/mol. The normalized spacial score (nSPS) is 11.8. The van der Waals surface area contributed by atoms with E-state index in [1.807, 2.05) is 18.2 Å². The van der Waals surface area contributed by atoms with Crippen LogP contribution in [0.25, 0.3) is 0 Å². The van der Waals surface area contributed by atoms with Crippen molar-refractivity contribution in [1.82, 2.24) is 10.2 Å². The molecule has 1 N–H and O–H groups in total. The number of ether oxygens (including phenoxy) is 2. The molecule has 0 aliphatic heterocycles. The highest BCUT2D eigenvalue weighted by atomic mass is 35.5. The largest absolute Gasteiger partial charge is 0.493 e. The average Bonchev–Trinajstić information content (AvgIpc) is 2.94. The number of hydrogen-bond donors (Lipinski definition) is 1. The third-order valence-corrected chi connectivity index (χ3v) is 3.90. The standard InChI is InChI=1S/C14H16ClN3O3S/c1-8(15)13(19)16-14-18-17-12(22-14)7-9-4-5-10(20-2)11(6-9)21-3/h4-6,8H,7H2,1-3H3,(H,16,18,19)/t8-/m0/s1. The van der Waals surface area contributed by atoms with Crippen molar-refractivity contribution in [2.45, 2.75) is 18.7 Å². The van der Waals surface area contributed by atoms with Crippen LogP contribution in [0.3, 0.4) is 0 Å². The van der Waals surface area contributed by atoms with E-state index in [9.17, 15) is 4.79 Å². The molecule has 1 amide bonds. The molecule has 0 aliphatic rings. The molecular weight excluding hydrogens is 326 g/mol. The lowest BCUT2D eigenvalue weighted by atomic mass is 10.1. The van der Waals surface area contributed by atoms with Gasteiger partial charge in [0, 0.05) is 6.42 Å². The molecule has 0 aliphatic carbocycles. The molecular formula is C14H16ClN3O3S. The minimum atomic E-state index is -0.613. The molecule has 0 unspecified atom stereocenters. The van der Waals surface area contributed by atoms with E-state index in [1.54, 1.807) is 21.1 Å². The summed E-state index contributed by atoms with van der Waals surface area (Å²) in [5.41, 5.74) is 1.01. The Kier molecular flexibility index (Phi) is 5.57. The van der Waals surface area contributed by atoms with Crippen LogP contribution in [0.4, 0.5) is 5.13 Å². The number of benzene rings is 1. The van der Waals surface area contributed by atoms with Crippen LogP contribution in [-0.4, -0.2) is 35.7 Å². The summed E-state index contributed by atoms with van der Waals surface area (Å²) in [6.07, 6.45) is 0.588. The molecule has 0 saturated carbocycles. The molecule has 1 atom stereocenters. The fourth-order valence-corrected chi connectivity index (χ4v) is 2.58. The van der Waals surface area contributed by atoms with Gasteiger partial charge in [0.2, 0.25) is 11.0 Å². The summed E-state index contributed by atoms with van der Waals surface area (Å²) in [6, 6.07) is 5.66. The monoisotopic (exact) mass is 341 g/mol. The fourth-order valence-electron chi connectivity index (χ4n) is 1.75. The number of nitrogens with one attached hydrogen (secondary N) is 1. The van der Waals surface area contributed by atoms with Gasteiger partial charge in [-0.2, -0.15) is 0 Å². The van der Waals surface area contributed by atoms with Gasteiger partial charge in [0.1, 0.15) is 10.4 Å². The van der Waals surface area contributed by atoms with Crippen LogP contribution in [0.15, 0.2) is 18.2 Å². The van der Waals surface area contributed by atoms with Crippen molar-refractivity contribution in [1.29, 1.82) is 0 Å². The maximum absolute atomic E-state index is 11.5. The second-order valence-electron chi connectivity index (χ2n) is 4.47. The van der Waals surface area contributed by atoms with Crippen molar-refractivity contribution in [3.63, 3.8) is 0 Å². The van der Waals surface area contributed by atoms with Crippen LogP contribution in [0.2, 0.25) is 0 Å². The van der Waals surface area contributed by atoms with Gasteiger partial charge in [-0.05, 0) is 24.6 Å². The van der Waals surface area contributed by atoms with Gasteiger partial charge in [-0.3, -0.25) is 10.1 Å². The topological polar surface area (TPSA) is 73.3 Å². The van der Waals surface area contributed by atoms with E-state index in [-0.39, 0.29) is 5.91 Å². The minimum absolute atomic E-state index is 0.296. The number of hydrogen-bond acceptors (Lipinski definition) is 6. The van der Waals surface area contributed by atoms with Crippen molar-refractivity contribution >= 4 is 34.0 Å². The summed E-state index contributed by atoms with van der Waals surface area (Å²) in [5.74, 6) is 1.04. The van der Waals surface area contributed by atoms with E-state index in [0.29, 0.717) is 23.1 Å². The Hall–Kier alpha value is -1.86. The number of amides is 1. The zero-order chi connectivity index (χ0) is 16.1. The summed E-state index contributed by atoms with van der Waals surface area (Å²) < 4.78 is 10.5. The van der Waals surface area contributed by atoms with Gasteiger partial charge in [-0.15, -0.1) is 21.8 Å². The Morgan fingerprint density at radius 3 is 2.68 bits per heavy atom. The average molecular weight is 342 g/mol. The Labute approximate surface area is 137 Å². The van der Waals surface area contributed by atoms with Gasteiger partial charge >= 0.3 is 0 Å². The summed E-state index contributed by atoms with van der Waals surface area (Å²) in [6.45, 7) is 1.60. The number of carbonyl (C=O) groups is 1. The number of nitrogens with zero attached hydrogens (tertiary/aromatic N) is 2. The molecule has 6 nitrogen and oxygen atoms in total. The van der Waals surface area contributed by atoms with Crippen molar-refractivity contribution in [3.05, 3.63) is 28.8 Å². The Balaban J connectivity index is 2.08. The van der Waals surface area contributed by atoms with Gasteiger partial charge in [-0.25, -0.2) is 0 Å². The van der Waals surface area contributed by atoms with Crippen LogP contribution < -0.4 is 14.8 Å². The van der Waals surface area contributed by atoms with Crippen LogP contribution in [-0.2, 0) is 11.2 Å². The number of rotatable bonds is 6. The van der Waals surface area contributed by atoms with Gasteiger partial charge in [0.05, 0.1) is 14.2 Å². The molecule has 0 fully saturated rings. The van der Waals surface area contributed by atoms with E-state index in [4.69, 9.17) is 21.1 Å². The third kappa shape index (κ3) is 4.08. The number of halogens is 1. The molecule has 0 saturated heterocycles. The Morgan fingerprint density at radius 1 is 1.32 bits per heavy atom. The summed E-state index contributed by atoms with van der Waals surface area (Å²) in [4.78, 5) is 11.5. The van der Waals surface area contributed by atoms with Crippen molar-refractivity contribution in [3.8, 4) is 11.5 Å². The number of anilines is 1. The van der Waals surface area contributed by atoms with Gasteiger partial charge in [-0.1, -0.05) is 17.4 Å². The van der Waals surface area contributed by atoms with Crippen LogP contribution in [0.5, 0.6) is 11.5 Å². The highest BCUT2D eigenvalue weighted by Gasteiger charge is 2.13. The van der Waals surface area contributed by atoms with Crippen molar-refractivity contribution < 1.29 is 14.3 Å². The van der Waals surface area contributed by atoms with Crippen molar-refractivity contribution in [2.24, 2.45) is 0 Å². The minimum Gasteiger partial charge on any atom is -0.493 e. The van der Waals surface area contributed by atoms with E-state index >= 15 is 0 Å². The molecule has 8 heteroatoms. The Bertz CT molecular complexity index is 661. The predicted octanol–water partition coefficient (Wildman–Crippen LogP) is 2.71. The fraction of sp³-hybridized carbons (Fsp3) is 0.357. The van der Waals surface area contributed by atoms with E-state index < -0.39 is 5.38 Å². The van der Waals surface area contributed by atoms with Crippen molar-refractivity contribution in [2.75, 3.05) is 19.5 Å². The lowest BCUT2D eigenvalue weighted by molar-refractivity contribution is -0.115. The molecule has 22 heavy (non-hydrogen) atoms. The zero-order valence-electron chi connectivity index (χ0n) is 12.4. The van der Waals surface area contributed by atoms with Gasteiger partial charge in [0.25, 0.3) is 0 Å². The molecule has 0 bridgehead atoms. The maximum Gasteiger partial charge on any atom is 0.243 e. The van der Waals surface area contributed by atoms with Crippen LogP contribution >= 0.6 is 22.9 Å². The quantitative estimate of drug-likeness (QED) is 0.818. The number of aromatic nitrogens is 2. The second kappa shape index (κ2) is 7.42. The van der Waals surface area contributed by atoms with Crippen LogP contribution in [0.1, 0.15) is 17.5 Å². The Morgan fingerprint density at radius 2 is 2.05 bits per heavy atom. The lowest BCUT2D eigenvalue weighted by Gasteiger charge is -2.08. The number of alkyl halides is 1. The highest BCUT2D eigenvalue weighted by Crippen LogP contribution is 2.29. The molecule has 0 spiro atoms. The van der Waals surface area contributed by atoms with E-state index in [2.05, 4.69) is 15.5 Å². The summed E-state index contributed by atoms with van der Waals surface area (Å²) in [7, 11) is 3.18. The maximum atomic E-state index is 11.5. The second-order valence-corrected chi connectivity index (χ2v) is 6.19. The molecule has 118 valence electrons. The molecule has 0 radical (unpaired) electrons. The first-order valence-corrected chi connectivity index (χ1v) is 7.77. The molecule has 2 rings (SSSR count). The van der Waals surface area contributed by atoms with E-state index in [0.717, 1.165) is 10.6 Å². The van der Waals surface area contributed by atoms with Gasteiger partial charge in [0.15, 0.2) is 11.5 Å². The zero-order valence-corrected chi connectivity index (χ0v) is 14.0. The highest BCUT2D eigenvalue weighted by molar-refractivity contribution is 7.15. The molecule has 2 aromatic rings. The smallest absolute Gasteiger partial charge is 0.243 e. The number of carbonyl (C=O) groups excluding carboxylic acids is 1. The lowest BCUT2D eigenvalue weighted by Crippen LogP contribution is -2.20. The summed E-state index contributed by atoms with van der Waals surface area (Å²) in [5, 5.41) is 11.2. The molecule has 1 aromatic heterocycles. The van der Waals surface area contributed by atoms with Gasteiger partial charge < -0.3 is 9.47 Å².